The number of ketones is 2. The zero-order valence-corrected chi connectivity index (χ0v) is 19.8. The Balaban J connectivity index is 1.63. The molecule has 0 aliphatic carbocycles. The van der Waals surface area contributed by atoms with Gasteiger partial charge in [-0.2, -0.15) is 4.57 Å². The zero-order valence-electron chi connectivity index (χ0n) is 19.8. The number of nitrogens with zero attached hydrogens (tertiary/aromatic N) is 4. The molecule has 2 aliphatic rings. The minimum Gasteiger partial charge on any atom is -0.368 e. The van der Waals surface area contributed by atoms with Crippen molar-refractivity contribution in [2.24, 2.45) is 7.05 Å². The molecule has 2 aromatic heterocycles. The molecule has 0 spiro atoms. The van der Waals surface area contributed by atoms with E-state index in [0.29, 0.717) is 33.9 Å². The summed E-state index contributed by atoms with van der Waals surface area (Å²) in [5.74, 6) is -1.41. The van der Waals surface area contributed by atoms with Crippen molar-refractivity contribution in [1.29, 1.82) is 0 Å². The highest BCUT2D eigenvalue weighted by Crippen LogP contribution is 2.45. The minimum absolute atomic E-state index is 0.0764. The van der Waals surface area contributed by atoms with E-state index in [-0.39, 0.29) is 11.4 Å². The van der Waals surface area contributed by atoms with Gasteiger partial charge in [-0.15, -0.1) is 0 Å². The molecule has 2 aliphatic heterocycles. The van der Waals surface area contributed by atoms with Crippen molar-refractivity contribution in [1.82, 2.24) is 4.98 Å². The first-order valence-corrected chi connectivity index (χ1v) is 11.7. The van der Waals surface area contributed by atoms with Crippen LogP contribution in [0.5, 0.6) is 0 Å². The molecule has 6 rings (SSSR count). The molecule has 8 heteroatoms. The fraction of sp³-hybridized carbons (Fsp3) is 0.0690. The highest BCUT2D eigenvalue weighted by molar-refractivity contribution is 6.32. The molecule has 180 valence electrons. The molecule has 1 unspecified atom stereocenters. The van der Waals surface area contributed by atoms with Crippen LogP contribution in [-0.4, -0.2) is 27.6 Å². The van der Waals surface area contributed by atoms with Gasteiger partial charge in [-0.25, -0.2) is 0 Å². The van der Waals surface area contributed by atoms with E-state index in [1.807, 2.05) is 0 Å². The van der Waals surface area contributed by atoms with Crippen LogP contribution >= 0.6 is 0 Å². The normalized spacial score (nSPS) is 17.1. The quantitative estimate of drug-likeness (QED) is 0.350. The number of Topliss-reactive ketones (excluding diaryl/α,β-unsaturated/α-hetero) is 2. The molecule has 1 amide bonds. The minimum atomic E-state index is -1.38. The summed E-state index contributed by atoms with van der Waals surface area (Å²) in [5.41, 5.74) is 1.85. The van der Waals surface area contributed by atoms with Gasteiger partial charge in [0.1, 0.15) is 18.4 Å². The lowest BCUT2D eigenvalue weighted by atomic mass is 10.1. The van der Waals surface area contributed by atoms with Crippen molar-refractivity contribution in [2.75, 3.05) is 9.80 Å². The molecule has 0 radical (unpaired) electrons. The van der Waals surface area contributed by atoms with E-state index in [2.05, 4.69) is 4.98 Å². The molecule has 1 N–H and O–H groups in total. The van der Waals surface area contributed by atoms with Gasteiger partial charge in [0.05, 0.1) is 17.1 Å². The van der Waals surface area contributed by atoms with Crippen LogP contribution in [0.2, 0.25) is 0 Å². The highest BCUT2D eigenvalue weighted by atomic mass is 16.3. The first-order chi connectivity index (χ1) is 18.0. The third kappa shape index (κ3) is 3.38. The number of amides is 1. The molecule has 4 heterocycles. The molecule has 0 bridgehead atoms. The predicted molar refractivity (Wildman–Crippen MR) is 135 cm³/mol. The second-order valence-corrected chi connectivity index (χ2v) is 8.73. The smallest absolute Gasteiger partial charge is 0.327 e. The number of aromatic nitrogens is 2. The van der Waals surface area contributed by atoms with Gasteiger partial charge in [0.15, 0.2) is 12.4 Å². The predicted octanol–water partition coefficient (Wildman–Crippen LogP) is 3.35. The monoisotopic (exact) mass is 489 g/mol. The summed E-state index contributed by atoms with van der Waals surface area (Å²) in [6.45, 7) is 0. The van der Waals surface area contributed by atoms with Crippen molar-refractivity contribution in [3.05, 3.63) is 131 Å². The maximum atomic E-state index is 14.0. The SMILES string of the molecule is C[n+]1ccccc1C(=O)N1/C(=C2\C(=O)c3ccccc3N2C(O)c2ccccn2)C(=O)c2ccccc21. The molecule has 0 fully saturated rings. The van der Waals surface area contributed by atoms with Crippen molar-refractivity contribution < 1.29 is 24.1 Å². The summed E-state index contributed by atoms with van der Waals surface area (Å²) in [5, 5.41) is 11.5. The third-order valence-corrected chi connectivity index (χ3v) is 6.59. The number of rotatable bonds is 3. The number of aliphatic hydroxyl groups excluding tert-OH is 1. The Morgan fingerprint density at radius 2 is 1.43 bits per heavy atom. The number of benzene rings is 2. The Hall–Kier alpha value is -4.95. The first kappa shape index (κ1) is 22.5. The molecule has 4 aromatic rings. The van der Waals surface area contributed by atoms with Gasteiger partial charge in [0, 0.05) is 29.5 Å². The van der Waals surface area contributed by atoms with Crippen LogP contribution < -0.4 is 14.4 Å². The van der Waals surface area contributed by atoms with Crippen LogP contribution in [-0.2, 0) is 7.05 Å². The number of aryl methyl sites for hydroxylation is 1. The number of carbonyl (C=O) groups is 3. The Kier molecular flexibility index (Phi) is 5.24. The Morgan fingerprint density at radius 1 is 0.811 bits per heavy atom. The van der Waals surface area contributed by atoms with E-state index >= 15 is 0 Å². The van der Waals surface area contributed by atoms with Gasteiger partial charge < -0.3 is 10.0 Å². The van der Waals surface area contributed by atoms with Gasteiger partial charge in [-0.05, 0) is 42.5 Å². The number of fused-ring (bicyclic) bond motifs is 2. The topological polar surface area (TPSA) is 94.7 Å². The van der Waals surface area contributed by atoms with E-state index in [1.165, 1.54) is 16.0 Å². The fourth-order valence-electron chi connectivity index (χ4n) is 4.86. The first-order valence-electron chi connectivity index (χ1n) is 11.7. The number of hydrogen-bond acceptors (Lipinski definition) is 6. The molecule has 1 atom stereocenters. The van der Waals surface area contributed by atoms with Crippen molar-refractivity contribution >= 4 is 28.8 Å². The number of anilines is 2. The van der Waals surface area contributed by atoms with Gasteiger partial charge in [0.2, 0.25) is 11.6 Å². The largest absolute Gasteiger partial charge is 0.368 e. The number of pyridine rings is 2. The Labute approximate surface area is 212 Å². The highest BCUT2D eigenvalue weighted by Gasteiger charge is 2.47. The van der Waals surface area contributed by atoms with Crippen LogP contribution in [0.3, 0.4) is 0 Å². The summed E-state index contributed by atoms with van der Waals surface area (Å²) in [6.07, 6.45) is 1.90. The van der Waals surface area contributed by atoms with E-state index in [0.717, 1.165) is 0 Å². The summed E-state index contributed by atoms with van der Waals surface area (Å²) in [6, 6.07) is 23.8. The second kappa shape index (κ2) is 8.61. The Bertz CT molecular complexity index is 1630. The summed E-state index contributed by atoms with van der Waals surface area (Å²) in [7, 11) is 1.73. The maximum absolute atomic E-state index is 14.0. The average Bonchev–Trinajstić information content (AvgIpc) is 3.39. The molecule has 2 aromatic carbocycles. The zero-order chi connectivity index (χ0) is 25.7. The molecule has 0 saturated carbocycles. The van der Waals surface area contributed by atoms with Gasteiger partial charge in [0.25, 0.3) is 5.69 Å². The van der Waals surface area contributed by atoms with Crippen molar-refractivity contribution in [3.63, 3.8) is 0 Å². The van der Waals surface area contributed by atoms with E-state index in [1.54, 1.807) is 103 Å². The number of hydrogen-bond donors (Lipinski definition) is 1. The molecule has 8 nitrogen and oxygen atoms in total. The van der Waals surface area contributed by atoms with Crippen LogP contribution in [0, 0.1) is 0 Å². The molecule has 0 saturated heterocycles. The van der Waals surface area contributed by atoms with E-state index in [4.69, 9.17) is 0 Å². The standard InChI is InChI=1S/C29H21N4O4/c1-31-17-9-7-15-23(31)29(37)33-22-14-5-3-11-19(22)27(35)25(33)24-26(34)18-10-2-4-13-21(18)32(24)28(36)20-12-6-8-16-30-20/h2-17,28,36H,1H3/q+1/b25-24+. The maximum Gasteiger partial charge on any atom is 0.327 e. The third-order valence-electron chi connectivity index (χ3n) is 6.59. The van der Waals surface area contributed by atoms with Crippen molar-refractivity contribution in [2.45, 2.75) is 6.23 Å². The lowest BCUT2D eigenvalue weighted by Gasteiger charge is -2.28. The van der Waals surface area contributed by atoms with Crippen molar-refractivity contribution in [3.8, 4) is 0 Å². The van der Waals surface area contributed by atoms with Gasteiger partial charge in [-0.3, -0.25) is 24.3 Å². The number of para-hydroxylation sites is 2. The summed E-state index contributed by atoms with van der Waals surface area (Å²) < 4.78 is 1.65. The van der Waals surface area contributed by atoms with Gasteiger partial charge >= 0.3 is 5.91 Å². The van der Waals surface area contributed by atoms with Crippen LogP contribution in [0.1, 0.15) is 43.1 Å². The lowest BCUT2D eigenvalue weighted by Crippen LogP contribution is -2.43. The second-order valence-electron chi connectivity index (χ2n) is 8.73. The van der Waals surface area contributed by atoms with E-state index in [9.17, 15) is 19.5 Å². The summed E-state index contributed by atoms with van der Waals surface area (Å²) >= 11 is 0. The fourth-order valence-corrected chi connectivity index (χ4v) is 4.86. The molecular formula is C29H21N4O4+. The average molecular weight is 490 g/mol. The lowest BCUT2D eigenvalue weighted by molar-refractivity contribution is -0.673. The summed E-state index contributed by atoms with van der Waals surface area (Å²) in [4.78, 5) is 48.7. The number of allylic oxidation sites excluding steroid dienone is 2. The van der Waals surface area contributed by atoms with Gasteiger partial charge in [-0.1, -0.05) is 30.3 Å². The van der Waals surface area contributed by atoms with Crippen LogP contribution in [0.25, 0.3) is 0 Å². The number of carbonyl (C=O) groups excluding carboxylic acids is 3. The van der Waals surface area contributed by atoms with Crippen LogP contribution in [0.15, 0.2) is 109 Å². The Morgan fingerprint density at radius 3 is 2.14 bits per heavy atom. The molecule has 37 heavy (non-hydrogen) atoms. The molecular weight excluding hydrogens is 468 g/mol. The van der Waals surface area contributed by atoms with Crippen LogP contribution in [0.4, 0.5) is 11.4 Å². The number of aliphatic hydroxyl groups is 1. The van der Waals surface area contributed by atoms with E-state index < -0.39 is 23.7 Å².